The molecule has 4 heteroatoms. The van der Waals surface area contributed by atoms with Gasteiger partial charge in [-0.2, -0.15) is 0 Å². The van der Waals surface area contributed by atoms with E-state index >= 15 is 0 Å². The largest absolute Gasteiger partial charge is 0.370 e. The Labute approximate surface area is 122 Å². The predicted octanol–water partition coefficient (Wildman–Crippen LogP) is 3.33. The van der Waals surface area contributed by atoms with Crippen LogP contribution in [0.3, 0.4) is 0 Å². The Balaban J connectivity index is 2.00. The fraction of sp³-hybridized carbons (Fsp3) is 0.750. The zero-order chi connectivity index (χ0) is 14.3. The molecule has 2 heterocycles. The molecule has 110 valence electrons. The molecule has 1 saturated heterocycles. The number of fused-ring (bicyclic) bond motifs is 2. The lowest BCUT2D eigenvalue weighted by Gasteiger charge is -2.30. The number of aromatic nitrogens is 2. The summed E-state index contributed by atoms with van der Waals surface area (Å²) < 4.78 is 0. The van der Waals surface area contributed by atoms with Crippen molar-refractivity contribution >= 4 is 11.6 Å². The minimum absolute atomic E-state index is 0.367. The van der Waals surface area contributed by atoms with Crippen LogP contribution < -0.4 is 10.2 Å². The minimum Gasteiger partial charge on any atom is -0.370 e. The molecule has 2 aliphatic rings. The molecule has 1 aliphatic heterocycles. The first-order valence-corrected chi connectivity index (χ1v) is 7.99. The van der Waals surface area contributed by atoms with Gasteiger partial charge in [0.2, 0.25) is 0 Å². The number of nitrogens with zero attached hydrogens (tertiary/aromatic N) is 3. The number of hydrogen-bond acceptors (Lipinski definition) is 4. The molecule has 20 heavy (non-hydrogen) atoms. The van der Waals surface area contributed by atoms with Crippen molar-refractivity contribution in [3.63, 3.8) is 0 Å². The predicted molar refractivity (Wildman–Crippen MR) is 83.5 cm³/mol. The van der Waals surface area contributed by atoms with Crippen LogP contribution in [0.25, 0.3) is 0 Å². The number of nitrogens with one attached hydrogen (secondary N) is 1. The van der Waals surface area contributed by atoms with Gasteiger partial charge in [-0.25, -0.2) is 9.97 Å². The van der Waals surface area contributed by atoms with E-state index in [0.717, 1.165) is 24.1 Å². The highest BCUT2D eigenvalue weighted by molar-refractivity contribution is 5.60. The van der Waals surface area contributed by atoms with E-state index in [1.807, 2.05) is 0 Å². The van der Waals surface area contributed by atoms with E-state index < -0.39 is 0 Å². The van der Waals surface area contributed by atoms with E-state index in [-0.39, 0.29) is 0 Å². The van der Waals surface area contributed by atoms with Gasteiger partial charge in [0.15, 0.2) is 0 Å². The normalized spacial score (nSPS) is 24.8. The maximum absolute atomic E-state index is 4.89. The van der Waals surface area contributed by atoms with E-state index in [4.69, 9.17) is 9.97 Å². The maximum Gasteiger partial charge on any atom is 0.137 e. The van der Waals surface area contributed by atoms with Gasteiger partial charge in [0, 0.05) is 30.6 Å². The minimum atomic E-state index is 0.367. The summed E-state index contributed by atoms with van der Waals surface area (Å²) in [6, 6.07) is 0.711. The Hall–Kier alpha value is -1.32. The summed E-state index contributed by atoms with van der Waals surface area (Å²) in [5, 5.41) is 3.40. The van der Waals surface area contributed by atoms with E-state index in [1.54, 1.807) is 0 Å². The molecule has 0 radical (unpaired) electrons. The lowest BCUT2D eigenvalue weighted by Crippen LogP contribution is -2.33. The third-order valence-electron chi connectivity index (χ3n) is 4.68. The molecular weight excluding hydrogens is 248 g/mol. The highest BCUT2D eigenvalue weighted by atomic mass is 15.3. The molecule has 0 amide bonds. The van der Waals surface area contributed by atoms with E-state index in [9.17, 15) is 0 Å². The molecule has 1 saturated carbocycles. The Morgan fingerprint density at radius 2 is 2.10 bits per heavy atom. The molecule has 2 fully saturated rings. The summed E-state index contributed by atoms with van der Waals surface area (Å²) in [5.41, 5.74) is 1.21. The molecule has 2 atom stereocenters. The number of rotatable bonds is 4. The molecule has 1 N–H and O–H groups in total. The molecule has 3 rings (SSSR count). The molecule has 4 nitrogen and oxygen atoms in total. The second kappa shape index (κ2) is 5.23. The van der Waals surface area contributed by atoms with Crippen molar-refractivity contribution in [3.8, 4) is 0 Å². The topological polar surface area (TPSA) is 41.1 Å². The van der Waals surface area contributed by atoms with Crippen molar-refractivity contribution in [2.24, 2.45) is 5.92 Å². The summed E-state index contributed by atoms with van der Waals surface area (Å²) in [7, 11) is 0. The number of piperidine rings is 1. The van der Waals surface area contributed by atoms with Gasteiger partial charge in [-0.1, -0.05) is 13.8 Å². The maximum atomic E-state index is 4.89. The summed E-state index contributed by atoms with van der Waals surface area (Å²) in [4.78, 5) is 12.1. The Morgan fingerprint density at radius 1 is 1.30 bits per heavy atom. The SMILES string of the molecule is CCNc1nc(C(C)C)nc(N2CC3CCC2C3)c1C. The fourth-order valence-corrected chi connectivity index (χ4v) is 3.58. The average Bonchev–Trinajstić information content (AvgIpc) is 3.03. The highest BCUT2D eigenvalue weighted by Crippen LogP contribution is 2.41. The summed E-state index contributed by atoms with van der Waals surface area (Å²) >= 11 is 0. The highest BCUT2D eigenvalue weighted by Gasteiger charge is 2.39. The third kappa shape index (κ3) is 2.25. The Bertz CT molecular complexity index is 497. The second-order valence-corrected chi connectivity index (χ2v) is 6.55. The van der Waals surface area contributed by atoms with Crippen LogP contribution in [0.1, 0.15) is 57.3 Å². The average molecular weight is 274 g/mol. The molecular formula is C16H26N4. The molecule has 0 spiro atoms. The van der Waals surface area contributed by atoms with Gasteiger partial charge in [0.05, 0.1) is 0 Å². The van der Waals surface area contributed by atoms with Gasteiger partial charge in [-0.15, -0.1) is 0 Å². The van der Waals surface area contributed by atoms with Crippen LogP contribution in [0.2, 0.25) is 0 Å². The van der Waals surface area contributed by atoms with Gasteiger partial charge >= 0.3 is 0 Å². The lowest BCUT2D eigenvalue weighted by molar-refractivity contribution is 0.548. The van der Waals surface area contributed by atoms with Crippen LogP contribution in [-0.2, 0) is 0 Å². The zero-order valence-corrected chi connectivity index (χ0v) is 13.1. The van der Waals surface area contributed by atoms with Gasteiger partial charge < -0.3 is 10.2 Å². The molecule has 1 aromatic rings. The van der Waals surface area contributed by atoms with Crippen LogP contribution in [0.4, 0.5) is 11.6 Å². The lowest BCUT2D eigenvalue weighted by atomic mass is 10.1. The first-order valence-electron chi connectivity index (χ1n) is 7.99. The van der Waals surface area contributed by atoms with Crippen molar-refractivity contribution in [2.45, 2.75) is 58.9 Å². The molecule has 2 unspecified atom stereocenters. The molecule has 0 aromatic carbocycles. The summed E-state index contributed by atoms with van der Waals surface area (Å²) in [6.45, 7) is 10.7. The van der Waals surface area contributed by atoms with E-state index in [2.05, 4.69) is 37.9 Å². The van der Waals surface area contributed by atoms with Crippen molar-refractivity contribution in [1.82, 2.24) is 9.97 Å². The van der Waals surface area contributed by atoms with Gasteiger partial charge in [-0.05, 0) is 39.0 Å². The molecule has 1 aromatic heterocycles. The first-order chi connectivity index (χ1) is 9.60. The van der Waals surface area contributed by atoms with Crippen molar-refractivity contribution in [1.29, 1.82) is 0 Å². The molecule has 1 aliphatic carbocycles. The quantitative estimate of drug-likeness (QED) is 0.914. The van der Waals surface area contributed by atoms with Crippen molar-refractivity contribution in [3.05, 3.63) is 11.4 Å². The number of hydrogen-bond donors (Lipinski definition) is 1. The Kier molecular flexibility index (Phi) is 3.57. The smallest absolute Gasteiger partial charge is 0.137 e. The monoisotopic (exact) mass is 274 g/mol. The molecule has 2 bridgehead atoms. The van der Waals surface area contributed by atoms with Crippen LogP contribution in [-0.4, -0.2) is 29.1 Å². The second-order valence-electron chi connectivity index (χ2n) is 6.55. The standard InChI is InChI=1S/C16H26N4/c1-5-17-15-11(4)16(19-14(18-15)10(2)3)20-9-12-6-7-13(20)8-12/h10,12-13H,5-9H2,1-4H3,(H,17,18,19). The van der Waals surface area contributed by atoms with Gasteiger partial charge in [0.25, 0.3) is 0 Å². The zero-order valence-electron chi connectivity index (χ0n) is 13.1. The van der Waals surface area contributed by atoms with Crippen molar-refractivity contribution < 1.29 is 0 Å². The van der Waals surface area contributed by atoms with E-state index in [0.29, 0.717) is 12.0 Å². The number of anilines is 2. The fourth-order valence-electron chi connectivity index (χ4n) is 3.58. The van der Waals surface area contributed by atoms with Gasteiger partial charge in [0.1, 0.15) is 17.5 Å². The summed E-state index contributed by atoms with van der Waals surface area (Å²) in [5.74, 6) is 4.41. The van der Waals surface area contributed by atoms with Crippen LogP contribution in [0.5, 0.6) is 0 Å². The Morgan fingerprint density at radius 3 is 2.65 bits per heavy atom. The van der Waals surface area contributed by atoms with Crippen LogP contribution >= 0.6 is 0 Å². The van der Waals surface area contributed by atoms with E-state index in [1.165, 1.54) is 37.2 Å². The summed E-state index contributed by atoms with van der Waals surface area (Å²) in [6.07, 6.45) is 4.10. The van der Waals surface area contributed by atoms with Crippen LogP contribution in [0.15, 0.2) is 0 Å². The van der Waals surface area contributed by atoms with Crippen molar-refractivity contribution in [2.75, 3.05) is 23.3 Å². The first kappa shape index (κ1) is 13.7. The third-order valence-corrected chi connectivity index (χ3v) is 4.68. The van der Waals surface area contributed by atoms with Gasteiger partial charge in [-0.3, -0.25) is 0 Å². The van der Waals surface area contributed by atoms with Crippen LogP contribution in [0, 0.1) is 12.8 Å².